The van der Waals surface area contributed by atoms with Gasteiger partial charge < -0.3 is 34.9 Å². The van der Waals surface area contributed by atoms with E-state index >= 15 is 0 Å². The second-order valence-corrected chi connectivity index (χ2v) is 9.20. The zero-order chi connectivity index (χ0) is 25.3. The van der Waals surface area contributed by atoms with E-state index in [0.29, 0.717) is 30.8 Å². The molecule has 0 saturated carbocycles. The van der Waals surface area contributed by atoms with Crippen LogP contribution in [0.3, 0.4) is 0 Å². The van der Waals surface area contributed by atoms with Gasteiger partial charge in [0.15, 0.2) is 0 Å². The third-order valence-electron chi connectivity index (χ3n) is 6.58. The minimum absolute atomic E-state index is 0.0534. The van der Waals surface area contributed by atoms with Gasteiger partial charge in [0.25, 0.3) is 0 Å². The second-order valence-electron chi connectivity index (χ2n) is 9.20. The van der Waals surface area contributed by atoms with Crippen LogP contribution in [-0.4, -0.2) is 79.7 Å². The van der Waals surface area contributed by atoms with Crippen LogP contribution in [0.5, 0.6) is 5.75 Å². The Hall–Kier alpha value is -3.14. The van der Waals surface area contributed by atoms with E-state index in [1.165, 1.54) is 5.56 Å². The molecule has 2 aromatic carbocycles. The van der Waals surface area contributed by atoms with Gasteiger partial charge in [0, 0.05) is 6.54 Å². The average Bonchev–Trinajstić information content (AvgIpc) is 2.87. The summed E-state index contributed by atoms with van der Waals surface area (Å²) in [7, 11) is 1.55. The number of rotatable bonds is 7. The fourth-order valence-corrected chi connectivity index (χ4v) is 4.78. The van der Waals surface area contributed by atoms with Gasteiger partial charge in [-0.3, -0.25) is 4.79 Å². The van der Waals surface area contributed by atoms with Crippen LogP contribution in [0.4, 0.5) is 10.5 Å². The molecule has 3 amide bonds. The van der Waals surface area contributed by atoms with Crippen molar-refractivity contribution in [3.8, 4) is 5.75 Å². The minimum atomic E-state index is -0.803. The summed E-state index contributed by atoms with van der Waals surface area (Å²) in [5.41, 5.74) is 1.73. The number of aliphatic hydroxyl groups is 1. The summed E-state index contributed by atoms with van der Waals surface area (Å²) < 4.78 is 17.3. The molecule has 2 aliphatic heterocycles. The first kappa shape index (κ1) is 25.9. The van der Waals surface area contributed by atoms with Gasteiger partial charge in [0.1, 0.15) is 11.9 Å². The number of para-hydroxylation sites is 2. The zero-order valence-electron chi connectivity index (χ0n) is 20.6. The van der Waals surface area contributed by atoms with Crippen molar-refractivity contribution >= 4 is 17.6 Å². The molecule has 0 spiro atoms. The molecule has 2 saturated heterocycles. The Bertz CT molecular complexity index is 1000. The Kier molecular flexibility index (Phi) is 9.16. The van der Waals surface area contributed by atoms with E-state index in [4.69, 9.17) is 14.2 Å². The molecule has 9 nitrogen and oxygen atoms in total. The molecule has 4 atom stereocenters. The summed E-state index contributed by atoms with van der Waals surface area (Å²) >= 11 is 0. The average molecular weight is 498 g/mol. The number of benzene rings is 2. The van der Waals surface area contributed by atoms with E-state index in [9.17, 15) is 14.7 Å². The molecule has 2 aliphatic rings. The fraction of sp³-hybridized carbons (Fsp3) is 0.481. The Morgan fingerprint density at radius 3 is 2.67 bits per heavy atom. The number of hydrogen-bond acceptors (Lipinski definition) is 6. The maximum absolute atomic E-state index is 13.3. The number of nitrogens with one attached hydrogen (secondary N) is 2. The lowest BCUT2D eigenvalue weighted by Gasteiger charge is -2.44. The molecular formula is C27H35N3O6. The monoisotopic (exact) mass is 497 g/mol. The molecule has 2 heterocycles. The van der Waals surface area contributed by atoms with Crippen LogP contribution in [0.2, 0.25) is 0 Å². The van der Waals surface area contributed by atoms with Crippen molar-refractivity contribution < 1.29 is 28.9 Å². The van der Waals surface area contributed by atoms with Crippen LogP contribution in [0, 0.1) is 0 Å². The number of β-amino-alcohol motifs (C(OH)–C–C–N with tert-alkyl or cyclic N) is 1. The summed E-state index contributed by atoms with van der Waals surface area (Å²) in [6.45, 7) is 1.04. The number of anilines is 1. The van der Waals surface area contributed by atoms with Gasteiger partial charge in [-0.1, -0.05) is 42.5 Å². The largest absolute Gasteiger partial charge is 0.495 e. The van der Waals surface area contributed by atoms with Crippen LogP contribution in [0.1, 0.15) is 24.8 Å². The first-order chi connectivity index (χ1) is 17.5. The second kappa shape index (κ2) is 12.7. The van der Waals surface area contributed by atoms with Crippen LogP contribution in [-0.2, 0) is 20.7 Å². The highest BCUT2D eigenvalue weighted by Crippen LogP contribution is 2.29. The van der Waals surface area contributed by atoms with Gasteiger partial charge in [-0.2, -0.15) is 0 Å². The van der Waals surface area contributed by atoms with Gasteiger partial charge in [-0.25, -0.2) is 4.79 Å². The lowest BCUT2D eigenvalue weighted by Crippen LogP contribution is -2.58. The van der Waals surface area contributed by atoms with Gasteiger partial charge in [0.05, 0.1) is 57.2 Å². The molecule has 0 aromatic heterocycles. The number of amides is 3. The van der Waals surface area contributed by atoms with Crippen molar-refractivity contribution in [3.63, 3.8) is 0 Å². The lowest BCUT2D eigenvalue weighted by molar-refractivity contribution is -0.149. The van der Waals surface area contributed by atoms with Gasteiger partial charge in [-0.05, 0) is 37.0 Å². The summed E-state index contributed by atoms with van der Waals surface area (Å²) in [4.78, 5) is 27.4. The molecule has 2 aromatic rings. The Labute approximate surface area is 211 Å². The Morgan fingerprint density at radius 2 is 1.86 bits per heavy atom. The minimum Gasteiger partial charge on any atom is -0.495 e. The number of urea groups is 1. The van der Waals surface area contributed by atoms with E-state index in [1.807, 2.05) is 42.5 Å². The molecule has 3 N–H and O–H groups in total. The Balaban J connectivity index is 1.34. The number of aliphatic hydroxyl groups excluding tert-OH is 1. The highest BCUT2D eigenvalue weighted by Gasteiger charge is 2.40. The first-order valence-corrected chi connectivity index (χ1v) is 12.5. The number of hydrogen-bond donors (Lipinski definition) is 3. The maximum atomic E-state index is 13.3. The van der Waals surface area contributed by atoms with E-state index in [-0.39, 0.29) is 50.3 Å². The summed E-state index contributed by atoms with van der Waals surface area (Å²) in [5.74, 6) is 0.499. The molecule has 0 radical (unpaired) electrons. The zero-order valence-corrected chi connectivity index (χ0v) is 20.6. The maximum Gasteiger partial charge on any atom is 0.322 e. The molecule has 36 heavy (non-hydrogen) atoms. The summed E-state index contributed by atoms with van der Waals surface area (Å²) in [5, 5.41) is 16.2. The third-order valence-corrected chi connectivity index (χ3v) is 6.58. The van der Waals surface area contributed by atoms with Crippen LogP contribution in [0.15, 0.2) is 54.6 Å². The normalized spacial score (nSPS) is 24.1. The third kappa shape index (κ3) is 6.96. The van der Waals surface area contributed by atoms with Crippen LogP contribution < -0.4 is 15.4 Å². The number of nitrogens with zero attached hydrogens (tertiary/aromatic N) is 1. The van der Waals surface area contributed by atoms with Crippen molar-refractivity contribution in [1.82, 2.24) is 10.2 Å². The van der Waals surface area contributed by atoms with Crippen LogP contribution >= 0.6 is 0 Å². The molecule has 4 rings (SSSR count). The van der Waals surface area contributed by atoms with Gasteiger partial charge in [0.2, 0.25) is 5.91 Å². The topological polar surface area (TPSA) is 109 Å². The highest BCUT2D eigenvalue weighted by atomic mass is 16.5. The number of carbonyl (C=O) groups excluding carboxylic acids is 2. The lowest BCUT2D eigenvalue weighted by atomic mass is 9.95. The van der Waals surface area contributed by atoms with E-state index in [1.54, 1.807) is 24.1 Å². The molecule has 0 aliphatic carbocycles. The molecule has 9 heteroatoms. The van der Waals surface area contributed by atoms with E-state index in [0.717, 1.165) is 6.42 Å². The predicted octanol–water partition coefficient (Wildman–Crippen LogP) is 2.59. The van der Waals surface area contributed by atoms with Crippen molar-refractivity contribution in [1.29, 1.82) is 0 Å². The SMILES string of the molecule is COc1ccccc1NC(=O)N1C[C@@H](O)COC[C@H]2O[C@@H](CC(=O)NCCc3ccccc3)CC[C@@H]21. The number of methoxy groups -OCH3 is 1. The predicted molar refractivity (Wildman–Crippen MR) is 135 cm³/mol. The van der Waals surface area contributed by atoms with E-state index < -0.39 is 12.2 Å². The molecule has 0 unspecified atom stereocenters. The smallest absolute Gasteiger partial charge is 0.322 e. The fourth-order valence-electron chi connectivity index (χ4n) is 4.78. The number of ether oxygens (including phenoxy) is 3. The summed E-state index contributed by atoms with van der Waals surface area (Å²) in [6.07, 6.45) is 0.849. The number of fused-ring (bicyclic) bond motifs is 1. The highest BCUT2D eigenvalue weighted by molar-refractivity contribution is 5.91. The molecule has 0 bridgehead atoms. The number of carbonyl (C=O) groups is 2. The van der Waals surface area contributed by atoms with Crippen LogP contribution in [0.25, 0.3) is 0 Å². The standard InChI is InChI=1S/C27H35N3O6/c1-34-24-10-6-5-9-22(24)29-27(33)30-16-20(31)17-35-18-25-23(30)12-11-21(36-25)15-26(32)28-14-13-19-7-3-2-4-8-19/h2-10,20-21,23,25,31H,11-18H2,1H3,(H,28,32)(H,29,33)/t20-,21-,23+,25-/m1/s1. The van der Waals surface area contributed by atoms with Crippen molar-refractivity contribution in [2.45, 2.75) is 50.0 Å². The Morgan fingerprint density at radius 1 is 1.08 bits per heavy atom. The molecular weight excluding hydrogens is 462 g/mol. The van der Waals surface area contributed by atoms with Crippen molar-refractivity contribution in [3.05, 3.63) is 60.2 Å². The van der Waals surface area contributed by atoms with Crippen molar-refractivity contribution in [2.24, 2.45) is 0 Å². The first-order valence-electron chi connectivity index (χ1n) is 12.5. The molecule has 194 valence electrons. The van der Waals surface area contributed by atoms with Gasteiger partial charge in [-0.15, -0.1) is 0 Å². The molecule has 2 fully saturated rings. The van der Waals surface area contributed by atoms with E-state index in [2.05, 4.69) is 10.6 Å². The van der Waals surface area contributed by atoms with Gasteiger partial charge >= 0.3 is 6.03 Å². The summed E-state index contributed by atoms with van der Waals surface area (Å²) in [6, 6.07) is 16.6. The van der Waals surface area contributed by atoms with Crippen molar-refractivity contribution in [2.75, 3.05) is 38.7 Å². The quantitative estimate of drug-likeness (QED) is 0.543.